The van der Waals surface area contributed by atoms with Gasteiger partial charge in [0.25, 0.3) is 0 Å². The third kappa shape index (κ3) is 3.54. The SMILES string of the molecule is CC1(C)OB(c2ccc3c(c2)C2(Cc4ccccc4C2)c2cc(B4OC(C)(C)C(C)(C)O4)ccc2-3)OC1(C)C. The lowest BCUT2D eigenvalue weighted by Gasteiger charge is -2.32. The highest BCUT2D eigenvalue weighted by molar-refractivity contribution is 6.62. The van der Waals surface area contributed by atoms with Crippen molar-refractivity contribution in [1.82, 2.24) is 0 Å². The fourth-order valence-electron chi connectivity index (χ4n) is 6.78. The van der Waals surface area contributed by atoms with Crippen molar-refractivity contribution in [3.05, 3.63) is 82.9 Å². The first-order chi connectivity index (χ1) is 18.2. The van der Waals surface area contributed by atoms with Crippen molar-refractivity contribution in [1.29, 1.82) is 0 Å². The van der Waals surface area contributed by atoms with Gasteiger partial charge >= 0.3 is 14.2 Å². The van der Waals surface area contributed by atoms with Gasteiger partial charge < -0.3 is 18.6 Å². The molecule has 0 saturated carbocycles. The molecule has 2 fully saturated rings. The first-order valence-electron chi connectivity index (χ1n) is 14.3. The normalized spacial score (nSPS) is 24.2. The Morgan fingerprint density at radius 1 is 0.513 bits per heavy atom. The predicted octanol–water partition coefficient (Wildman–Crippen LogP) is 5.35. The molecular weight excluding hydrogens is 482 g/mol. The first-order valence-corrected chi connectivity index (χ1v) is 14.3. The van der Waals surface area contributed by atoms with Gasteiger partial charge in [-0.15, -0.1) is 0 Å². The quantitative estimate of drug-likeness (QED) is 0.427. The molecule has 3 aromatic rings. The van der Waals surface area contributed by atoms with Crippen LogP contribution < -0.4 is 10.9 Å². The minimum Gasteiger partial charge on any atom is -0.399 e. The smallest absolute Gasteiger partial charge is 0.399 e. The largest absolute Gasteiger partial charge is 0.494 e. The minimum atomic E-state index is -0.384. The Balaban J connectivity index is 1.35. The number of hydrogen-bond acceptors (Lipinski definition) is 4. The van der Waals surface area contributed by atoms with E-state index in [9.17, 15) is 0 Å². The highest BCUT2D eigenvalue weighted by atomic mass is 16.7. The highest BCUT2D eigenvalue weighted by Crippen LogP contribution is 2.55. The molecule has 2 aliphatic heterocycles. The van der Waals surface area contributed by atoms with E-state index in [-0.39, 0.29) is 42.1 Å². The highest BCUT2D eigenvalue weighted by Gasteiger charge is 2.55. The molecule has 0 N–H and O–H groups in total. The molecule has 7 rings (SSSR count). The summed E-state index contributed by atoms with van der Waals surface area (Å²) in [6, 6.07) is 22.6. The number of benzene rings is 3. The Hall–Kier alpha value is -2.37. The maximum absolute atomic E-state index is 6.47. The van der Waals surface area contributed by atoms with Crippen LogP contribution in [0.1, 0.15) is 77.6 Å². The molecule has 2 aliphatic carbocycles. The number of rotatable bonds is 2. The lowest BCUT2D eigenvalue weighted by atomic mass is 9.70. The molecule has 4 aliphatic rings. The van der Waals surface area contributed by atoms with Crippen molar-refractivity contribution in [2.45, 2.75) is 96.1 Å². The molecule has 0 radical (unpaired) electrons. The Labute approximate surface area is 233 Å². The van der Waals surface area contributed by atoms with Crippen LogP contribution in [-0.2, 0) is 36.9 Å². The second kappa shape index (κ2) is 7.88. The molecule has 0 bridgehead atoms. The van der Waals surface area contributed by atoms with Gasteiger partial charge in [-0.05, 0) is 113 Å². The van der Waals surface area contributed by atoms with Crippen LogP contribution >= 0.6 is 0 Å². The summed E-state index contributed by atoms with van der Waals surface area (Å²) in [4.78, 5) is 0. The van der Waals surface area contributed by atoms with E-state index in [4.69, 9.17) is 18.6 Å². The molecule has 0 amide bonds. The van der Waals surface area contributed by atoms with Crippen molar-refractivity contribution >= 4 is 25.2 Å². The van der Waals surface area contributed by atoms with Crippen LogP contribution in [0.15, 0.2) is 60.7 Å². The van der Waals surface area contributed by atoms with Gasteiger partial charge in [0.15, 0.2) is 0 Å². The Morgan fingerprint density at radius 3 is 1.23 bits per heavy atom. The van der Waals surface area contributed by atoms with Gasteiger partial charge in [0, 0.05) is 5.41 Å². The Kier molecular flexibility index (Phi) is 5.17. The first kappa shape index (κ1) is 25.6. The van der Waals surface area contributed by atoms with Gasteiger partial charge in [-0.2, -0.15) is 0 Å². The molecule has 0 unspecified atom stereocenters. The fraction of sp³-hybridized carbons (Fsp3) is 0.455. The minimum absolute atomic E-state index is 0.145. The van der Waals surface area contributed by atoms with E-state index in [1.165, 1.54) is 33.4 Å². The van der Waals surface area contributed by atoms with Gasteiger partial charge in [0.1, 0.15) is 0 Å². The summed E-state index contributed by atoms with van der Waals surface area (Å²) in [6.45, 7) is 16.9. The van der Waals surface area contributed by atoms with E-state index >= 15 is 0 Å². The molecule has 39 heavy (non-hydrogen) atoms. The fourth-order valence-corrected chi connectivity index (χ4v) is 6.78. The van der Waals surface area contributed by atoms with Crippen LogP contribution in [0, 0.1) is 0 Å². The van der Waals surface area contributed by atoms with E-state index in [1.54, 1.807) is 0 Å². The van der Waals surface area contributed by atoms with Gasteiger partial charge in [0.2, 0.25) is 0 Å². The zero-order valence-corrected chi connectivity index (χ0v) is 24.5. The third-order valence-corrected chi connectivity index (χ3v) is 10.6. The summed E-state index contributed by atoms with van der Waals surface area (Å²) in [5.41, 5.74) is 8.72. The number of fused-ring (bicyclic) bond motifs is 6. The zero-order valence-electron chi connectivity index (χ0n) is 24.5. The van der Waals surface area contributed by atoms with Crippen LogP contribution in [0.25, 0.3) is 11.1 Å². The van der Waals surface area contributed by atoms with Crippen molar-refractivity contribution in [3.63, 3.8) is 0 Å². The average Bonchev–Trinajstić information content (AvgIpc) is 3.51. The summed E-state index contributed by atoms with van der Waals surface area (Å²) in [5.74, 6) is 0. The average molecular weight is 520 g/mol. The molecule has 2 heterocycles. The monoisotopic (exact) mass is 520 g/mol. The second-order valence-electron chi connectivity index (χ2n) is 14.0. The van der Waals surface area contributed by atoms with Gasteiger partial charge in [-0.1, -0.05) is 60.7 Å². The van der Waals surface area contributed by atoms with Gasteiger partial charge in [-0.25, -0.2) is 0 Å². The van der Waals surface area contributed by atoms with Gasteiger partial charge in [-0.3, -0.25) is 0 Å². The van der Waals surface area contributed by atoms with E-state index < -0.39 is 0 Å². The standard InChI is InChI=1S/C33H38B2O4/c1-29(2)30(3,4)37-34(36-29)23-13-15-25-26-16-14-24(35-38-31(5,6)32(7,8)39-35)18-28(26)33(27(25)17-23)19-21-11-9-10-12-22(21)20-33/h9-18H,19-20H2,1-8H3. The summed E-state index contributed by atoms with van der Waals surface area (Å²) in [6.07, 6.45) is 1.95. The van der Waals surface area contributed by atoms with Crippen LogP contribution in [0.4, 0.5) is 0 Å². The summed E-state index contributed by atoms with van der Waals surface area (Å²) in [5, 5.41) is 0. The molecule has 6 heteroatoms. The zero-order chi connectivity index (χ0) is 27.6. The molecule has 3 aromatic carbocycles. The molecule has 0 atom stereocenters. The maximum atomic E-state index is 6.47. The van der Waals surface area contributed by atoms with E-state index in [0.29, 0.717) is 0 Å². The molecule has 4 nitrogen and oxygen atoms in total. The summed E-state index contributed by atoms with van der Waals surface area (Å²) >= 11 is 0. The topological polar surface area (TPSA) is 36.9 Å². The molecule has 1 spiro atoms. The van der Waals surface area contributed by atoms with E-state index in [2.05, 4.69) is 116 Å². The molecule has 0 aromatic heterocycles. The molecule has 2 saturated heterocycles. The number of hydrogen-bond donors (Lipinski definition) is 0. The predicted molar refractivity (Wildman–Crippen MR) is 158 cm³/mol. The lowest BCUT2D eigenvalue weighted by molar-refractivity contribution is 0.00578. The molecule has 200 valence electrons. The maximum Gasteiger partial charge on any atom is 0.494 e. The summed E-state index contributed by atoms with van der Waals surface area (Å²) in [7, 11) is -0.768. The lowest BCUT2D eigenvalue weighted by Crippen LogP contribution is -2.41. The van der Waals surface area contributed by atoms with E-state index in [0.717, 1.165) is 23.8 Å². The van der Waals surface area contributed by atoms with Crippen molar-refractivity contribution < 1.29 is 18.6 Å². The summed E-state index contributed by atoms with van der Waals surface area (Å²) < 4.78 is 25.9. The van der Waals surface area contributed by atoms with Crippen LogP contribution in [0.5, 0.6) is 0 Å². The van der Waals surface area contributed by atoms with Crippen LogP contribution in [-0.4, -0.2) is 36.6 Å². The van der Waals surface area contributed by atoms with Crippen LogP contribution in [0.2, 0.25) is 0 Å². The Bertz CT molecular complexity index is 1360. The van der Waals surface area contributed by atoms with E-state index in [1.807, 2.05) is 0 Å². The second-order valence-corrected chi connectivity index (χ2v) is 14.0. The van der Waals surface area contributed by atoms with Crippen molar-refractivity contribution in [3.8, 4) is 11.1 Å². The third-order valence-electron chi connectivity index (χ3n) is 10.6. The van der Waals surface area contributed by atoms with Crippen LogP contribution in [0.3, 0.4) is 0 Å². The van der Waals surface area contributed by atoms with Crippen molar-refractivity contribution in [2.24, 2.45) is 0 Å². The molecular formula is C33H38B2O4. The van der Waals surface area contributed by atoms with Gasteiger partial charge in [0.05, 0.1) is 22.4 Å². The van der Waals surface area contributed by atoms with Crippen molar-refractivity contribution in [2.75, 3.05) is 0 Å². The Morgan fingerprint density at radius 2 is 0.872 bits per heavy atom.